The van der Waals surface area contributed by atoms with Crippen molar-refractivity contribution >= 4 is 5.97 Å². The maximum atomic E-state index is 11.1. The molecular formula is C12H15NO3. The lowest BCUT2D eigenvalue weighted by molar-refractivity contribution is -0.141. The Morgan fingerprint density at radius 2 is 2.31 bits per heavy atom. The summed E-state index contributed by atoms with van der Waals surface area (Å²) in [5.74, 6) is -0.272. The number of carboxylic acid groups (broad SMARTS) is 1. The molecule has 1 aromatic carbocycles. The van der Waals surface area contributed by atoms with E-state index in [9.17, 15) is 4.79 Å². The van der Waals surface area contributed by atoms with Gasteiger partial charge in [-0.25, -0.2) is 0 Å². The van der Waals surface area contributed by atoms with Crippen molar-refractivity contribution in [3.8, 4) is 5.75 Å². The highest BCUT2D eigenvalue weighted by atomic mass is 16.5. The van der Waals surface area contributed by atoms with Gasteiger partial charge >= 0.3 is 5.97 Å². The topological polar surface area (TPSA) is 58.6 Å². The van der Waals surface area contributed by atoms with Gasteiger partial charge in [-0.15, -0.1) is 0 Å². The molecule has 0 aromatic heterocycles. The first-order valence-corrected chi connectivity index (χ1v) is 5.30. The summed E-state index contributed by atoms with van der Waals surface area (Å²) in [5, 5.41) is 12.2. The van der Waals surface area contributed by atoms with Gasteiger partial charge in [-0.05, 0) is 17.7 Å². The van der Waals surface area contributed by atoms with Crippen LogP contribution in [0.15, 0.2) is 24.3 Å². The summed E-state index contributed by atoms with van der Waals surface area (Å²) in [6.07, 6.45) is 0. The fourth-order valence-corrected chi connectivity index (χ4v) is 2.16. The number of nitrogens with one attached hydrogen (secondary N) is 1. The van der Waals surface area contributed by atoms with Crippen LogP contribution < -0.4 is 10.1 Å². The summed E-state index contributed by atoms with van der Waals surface area (Å²) in [5.41, 5.74) is 1.02. The largest absolute Gasteiger partial charge is 0.497 e. The monoisotopic (exact) mass is 221 g/mol. The lowest BCUT2D eigenvalue weighted by atomic mass is 9.89. The highest BCUT2D eigenvalue weighted by molar-refractivity contribution is 5.72. The minimum absolute atomic E-state index is 0.0348. The first-order valence-electron chi connectivity index (χ1n) is 5.30. The summed E-state index contributed by atoms with van der Waals surface area (Å²) >= 11 is 0. The second-order valence-electron chi connectivity index (χ2n) is 3.99. The van der Waals surface area contributed by atoms with Crippen molar-refractivity contribution in [1.29, 1.82) is 0 Å². The highest BCUT2D eigenvalue weighted by Gasteiger charge is 2.33. The summed E-state index contributed by atoms with van der Waals surface area (Å²) in [6.45, 7) is 1.25. The molecule has 0 amide bonds. The van der Waals surface area contributed by atoms with Crippen LogP contribution in [-0.4, -0.2) is 31.3 Å². The number of methoxy groups -OCH3 is 1. The van der Waals surface area contributed by atoms with Crippen LogP contribution in [0, 0.1) is 5.92 Å². The van der Waals surface area contributed by atoms with E-state index in [4.69, 9.17) is 9.84 Å². The van der Waals surface area contributed by atoms with E-state index in [-0.39, 0.29) is 11.8 Å². The van der Waals surface area contributed by atoms with E-state index in [1.807, 2.05) is 24.3 Å². The van der Waals surface area contributed by atoms with Crippen LogP contribution in [0.3, 0.4) is 0 Å². The smallest absolute Gasteiger partial charge is 0.308 e. The first kappa shape index (κ1) is 11.0. The predicted molar refractivity (Wildman–Crippen MR) is 59.7 cm³/mol. The van der Waals surface area contributed by atoms with E-state index < -0.39 is 5.97 Å². The molecule has 0 unspecified atom stereocenters. The lowest BCUT2D eigenvalue weighted by Crippen LogP contribution is -2.20. The van der Waals surface area contributed by atoms with Crippen LogP contribution in [0.2, 0.25) is 0 Å². The van der Waals surface area contributed by atoms with E-state index >= 15 is 0 Å². The van der Waals surface area contributed by atoms with Gasteiger partial charge in [-0.3, -0.25) is 4.79 Å². The molecular weight excluding hydrogens is 206 g/mol. The average Bonchev–Trinajstić information content (AvgIpc) is 2.78. The molecule has 86 valence electrons. The summed E-state index contributed by atoms with van der Waals surface area (Å²) in [6, 6.07) is 7.62. The zero-order valence-electron chi connectivity index (χ0n) is 9.14. The molecule has 1 heterocycles. The Bertz CT molecular complexity index is 392. The Morgan fingerprint density at radius 1 is 1.50 bits per heavy atom. The molecule has 0 aliphatic carbocycles. The molecule has 2 atom stereocenters. The molecule has 0 radical (unpaired) electrons. The molecule has 1 saturated heterocycles. The van der Waals surface area contributed by atoms with Crippen LogP contribution in [0.4, 0.5) is 0 Å². The Labute approximate surface area is 94.2 Å². The van der Waals surface area contributed by atoms with Crippen molar-refractivity contribution in [2.24, 2.45) is 5.92 Å². The van der Waals surface area contributed by atoms with Crippen molar-refractivity contribution in [2.45, 2.75) is 5.92 Å². The molecule has 2 N–H and O–H groups in total. The van der Waals surface area contributed by atoms with Gasteiger partial charge in [0.1, 0.15) is 5.75 Å². The number of ether oxygens (including phenoxy) is 1. The molecule has 1 fully saturated rings. The fraction of sp³-hybridized carbons (Fsp3) is 0.417. The molecule has 1 aliphatic rings. The molecule has 16 heavy (non-hydrogen) atoms. The minimum Gasteiger partial charge on any atom is -0.497 e. The third-order valence-corrected chi connectivity index (χ3v) is 3.05. The van der Waals surface area contributed by atoms with Crippen LogP contribution >= 0.6 is 0 Å². The van der Waals surface area contributed by atoms with Crippen LogP contribution in [0.5, 0.6) is 5.75 Å². The molecule has 4 nitrogen and oxygen atoms in total. The fourth-order valence-electron chi connectivity index (χ4n) is 2.16. The Balaban J connectivity index is 2.25. The van der Waals surface area contributed by atoms with Crippen LogP contribution in [0.1, 0.15) is 11.5 Å². The number of carbonyl (C=O) groups is 1. The number of aliphatic carboxylic acids is 1. The quantitative estimate of drug-likeness (QED) is 0.802. The third-order valence-electron chi connectivity index (χ3n) is 3.05. The zero-order chi connectivity index (χ0) is 11.5. The molecule has 0 bridgehead atoms. The number of hydrogen-bond donors (Lipinski definition) is 2. The maximum Gasteiger partial charge on any atom is 0.308 e. The number of rotatable bonds is 3. The van der Waals surface area contributed by atoms with Crippen LogP contribution in [0.25, 0.3) is 0 Å². The normalized spacial score (nSPS) is 24.3. The van der Waals surface area contributed by atoms with Crippen molar-refractivity contribution in [3.05, 3.63) is 29.8 Å². The highest BCUT2D eigenvalue weighted by Crippen LogP contribution is 2.30. The maximum absolute atomic E-state index is 11.1. The van der Waals surface area contributed by atoms with Gasteiger partial charge in [0.05, 0.1) is 13.0 Å². The summed E-state index contributed by atoms with van der Waals surface area (Å²) in [7, 11) is 1.61. The average molecular weight is 221 g/mol. The van der Waals surface area contributed by atoms with Gasteiger partial charge in [0.15, 0.2) is 0 Å². The lowest BCUT2D eigenvalue weighted by Gasteiger charge is -2.15. The van der Waals surface area contributed by atoms with E-state index in [1.165, 1.54) is 0 Å². The standard InChI is InChI=1S/C12H15NO3/c1-16-9-4-2-3-8(5-9)10-6-13-7-11(10)12(14)15/h2-5,10-11,13H,6-7H2,1H3,(H,14,15)/t10-,11+/m0/s1. The van der Waals surface area contributed by atoms with Gasteiger partial charge in [-0.2, -0.15) is 0 Å². The van der Waals surface area contributed by atoms with Crippen LogP contribution in [-0.2, 0) is 4.79 Å². The molecule has 0 saturated carbocycles. The first-order chi connectivity index (χ1) is 7.72. The van der Waals surface area contributed by atoms with Crippen molar-refractivity contribution < 1.29 is 14.6 Å². The third kappa shape index (κ3) is 2.02. The molecule has 4 heteroatoms. The summed E-state index contributed by atoms with van der Waals surface area (Å²) < 4.78 is 5.14. The van der Waals surface area contributed by atoms with E-state index in [2.05, 4.69) is 5.32 Å². The van der Waals surface area contributed by atoms with Crippen molar-refractivity contribution in [2.75, 3.05) is 20.2 Å². The predicted octanol–water partition coefficient (Wildman–Crippen LogP) is 1.08. The molecule has 1 aromatic rings. The second kappa shape index (κ2) is 4.53. The van der Waals surface area contributed by atoms with Crippen molar-refractivity contribution in [1.82, 2.24) is 5.32 Å². The van der Waals surface area contributed by atoms with Gasteiger partial charge in [0, 0.05) is 19.0 Å². The minimum atomic E-state index is -0.738. The molecule has 2 rings (SSSR count). The van der Waals surface area contributed by atoms with E-state index in [0.29, 0.717) is 13.1 Å². The zero-order valence-corrected chi connectivity index (χ0v) is 9.14. The van der Waals surface area contributed by atoms with Gasteiger partial charge in [0.25, 0.3) is 0 Å². The number of carboxylic acids is 1. The SMILES string of the molecule is COc1cccc([C@@H]2CNC[C@H]2C(=O)O)c1. The van der Waals surface area contributed by atoms with Crippen molar-refractivity contribution in [3.63, 3.8) is 0 Å². The van der Waals surface area contributed by atoms with E-state index in [0.717, 1.165) is 11.3 Å². The molecule has 1 aliphatic heterocycles. The molecule has 0 spiro atoms. The Morgan fingerprint density at radius 3 is 3.00 bits per heavy atom. The van der Waals surface area contributed by atoms with Gasteiger partial charge in [0.2, 0.25) is 0 Å². The van der Waals surface area contributed by atoms with Gasteiger partial charge < -0.3 is 15.2 Å². The van der Waals surface area contributed by atoms with Gasteiger partial charge in [-0.1, -0.05) is 12.1 Å². The number of benzene rings is 1. The second-order valence-corrected chi connectivity index (χ2v) is 3.99. The summed E-state index contributed by atoms with van der Waals surface area (Å²) in [4.78, 5) is 11.1. The van der Waals surface area contributed by atoms with E-state index in [1.54, 1.807) is 7.11 Å². The number of hydrogen-bond acceptors (Lipinski definition) is 3. The Kier molecular flexibility index (Phi) is 3.10. The Hall–Kier alpha value is -1.55.